The minimum atomic E-state index is -0.349. The van der Waals surface area contributed by atoms with Crippen LogP contribution in [-0.4, -0.2) is 41.6 Å². The molecule has 1 N–H and O–H groups in total. The number of rotatable bonds is 2. The molecular weight excluding hydrogens is 352 g/mol. The number of likely N-dealkylation sites (tertiary alicyclic amines) is 1. The summed E-state index contributed by atoms with van der Waals surface area (Å²) in [7, 11) is 0. The lowest BCUT2D eigenvalue weighted by Gasteiger charge is -2.46. The Balaban J connectivity index is 1.37. The number of hydrogen-bond donors (Lipinski definition) is 1. The summed E-state index contributed by atoms with van der Waals surface area (Å²) < 4.78 is 5.03. The van der Waals surface area contributed by atoms with Gasteiger partial charge in [0.2, 0.25) is 5.91 Å². The quantitative estimate of drug-likeness (QED) is 0.839. The van der Waals surface area contributed by atoms with Gasteiger partial charge in [-0.25, -0.2) is 4.79 Å². The predicted molar refractivity (Wildman–Crippen MR) is 108 cm³/mol. The number of piperidine rings is 1. The zero-order valence-corrected chi connectivity index (χ0v) is 17.5. The highest BCUT2D eigenvalue weighted by atomic mass is 16.6. The Morgan fingerprint density at radius 1 is 1.29 bits per heavy atom. The molecule has 1 spiro atoms. The maximum absolute atomic E-state index is 13.0. The lowest BCUT2D eigenvalue weighted by atomic mass is 9.68. The Hall–Kier alpha value is -2.04. The summed E-state index contributed by atoms with van der Waals surface area (Å²) in [5, 5.41) is 2.88. The Bertz CT molecular complexity index is 776. The van der Waals surface area contributed by atoms with E-state index in [2.05, 4.69) is 62.2 Å². The van der Waals surface area contributed by atoms with Crippen LogP contribution in [0.5, 0.6) is 0 Å². The van der Waals surface area contributed by atoms with E-state index in [9.17, 15) is 9.59 Å². The van der Waals surface area contributed by atoms with Gasteiger partial charge in [-0.15, -0.1) is 0 Å². The third kappa shape index (κ3) is 3.51. The maximum Gasteiger partial charge on any atom is 0.407 e. The van der Waals surface area contributed by atoms with E-state index in [0.29, 0.717) is 25.4 Å². The standard InChI is InChI=1S/C23H32N2O3/c1-15-10-17(16-6-5-7-19(11-16)22(2,3)4)8-9-25(15)20(26)18-12-23(13-18)14-28-21(27)24-23/h5-7,11,15,17-18H,8-10,12-14H2,1-4H3,(H,24,27)/t15-,17+,18-,23+/m1/s1. The molecule has 2 heterocycles. The van der Waals surface area contributed by atoms with Crippen LogP contribution in [0.25, 0.3) is 0 Å². The van der Waals surface area contributed by atoms with E-state index in [1.165, 1.54) is 11.1 Å². The second-order valence-electron chi connectivity index (χ2n) is 10.1. The minimum Gasteiger partial charge on any atom is -0.447 e. The molecule has 4 rings (SSSR count). The van der Waals surface area contributed by atoms with Crippen molar-refractivity contribution in [3.63, 3.8) is 0 Å². The molecular formula is C23H32N2O3. The molecule has 3 fully saturated rings. The highest BCUT2D eigenvalue weighted by Gasteiger charge is 2.53. The van der Waals surface area contributed by atoms with E-state index in [4.69, 9.17) is 4.74 Å². The number of amides is 2. The van der Waals surface area contributed by atoms with Gasteiger partial charge in [-0.2, -0.15) is 0 Å². The van der Waals surface area contributed by atoms with E-state index in [1.807, 2.05) is 0 Å². The number of nitrogens with zero attached hydrogens (tertiary/aromatic N) is 1. The van der Waals surface area contributed by atoms with Crippen molar-refractivity contribution in [3.05, 3.63) is 35.4 Å². The van der Waals surface area contributed by atoms with E-state index in [0.717, 1.165) is 19.4 Å². The van der Waals surface area contributed by atoms with Crippen LogP contribution in [0, 0.1) is 5.92 Å². The zero-order chi connectivity index (χ0) is 20.1. The van der Waals surface area contributed by atoms with Crippen LogP contribution in [0.3, 0.4) is 0 Å². The van der Waals surface area contributed by atoms with Gasteiger partial charge in [0.25, 0.3) is 0 Å². The summed E-state index contributed by atoms with van der Waals surface area (Å²) in [6.07, 6.45) is 3.09. The van der Waals surface area contributed by atoms with Crippen molar-refractivity contribution in [2.24, 2.45) is 5.92 Å². The molecule has 152 valence electrons. The van der Waals surface area contributed by atoms with E-state index < -0.39 is 0 Å². The molecule has 1 aliphatic carbocycles. The summed E-state index contributed by atoms with van der Waals surface area (Å²) in [5.74, 6) is 0.781. The third-order valence-electron chi connectivity index (χ3n) is 6.85. The topological polar surface area (TPSA) is 58.6 Å². The number of alkyl carbamates (subject to hydrolysis) is 1. The maximum atomic E-state index is 13.0. The van der Waals surface area contributed by atoms with Crippen LogP contribution in [-0.2, 0) is 14.9 Å². The van der Waals surface area contributed by atoms with Crippen molar-refractivity contribution >= 4 is 12.0 Å². The first-order chi connectivity index (χ1) is 13.2. The Labute approximate surface area is 167 Å². The fourth-order valence-electron chi connectivity index (χ4n) is 5.07. The molecule has 0 unspecified atom stereocenters. The van der Waals surface area contributed by atoms with Crippen LogP contribution < -0.4 is 5.32 Å². The van der Waals surface area contributed by atoms with Gasteiger partial charge >= 0.3 is 6.09 Å². The molecule has 1 aromatic carbocycles. The Morgan fingerprint density at radius 3 is 2.64 bits per heavy atom. The molecule has 2 saturated heterocycles. The van der Waals surface area contributed by atoms with Gasteiger partial charge in [0.15, 0.2) is 0 Å². The monoisotopic (exact) mass is 384 g/mol. The summed E-state index contributed by atoms with van der Waals surface area (Å²) in [5.41, 5.74) is 2.64. The molecule has 2 atom stereocenters. The minimum absolute atomic E-state index is 0.0187. The zero-order valence-electron chi connectivity index (χ0n) is 17.5. The molecule has 0 bridgehead atoms. The van der Waals surface area contributed by atoms with E-state index in [-0.39, 0.29) is 34.9 Å². The molecule has 2 aliphatic heterocycles. The number of benzene rings is 1. The smallest absolute Gasteiger partial charge is 0.407 e. The molecule has 0 aromatic heterocycles. The summed E-state index contributed by atoms with van der Waals surface area (Å²) >= 11 is 0. The van der Waals surface area contributed by atoms with Gasteiger partial charge in [-0.3, -0.25) is 4.79 Å². The Morgan fingerprint density at radius 2 is 2.04 bits per heavy atom. The normalized spacial score (nSPS) is 32.6. The SMILES string of the molecule is C[C@@H]1C[C@@H](c2cccc(C(C)(C)C)c2)CCN1C(=O)[C@H]1C[C@]2(COC(=O)N2)C1. The number of carbonyl (C=O) groups is 2. The van der Waals surface area contributed by atoms with Crippen LogP contribution >= 0.6 is 0 Å². The number of cyclic esters (lactones) is 1. The number of hydrogen-bond acceptors (Lipinski definition) is 3. The van der Waals surface area contributed by atoms with Gasteiger partial charge in [-0.05, 0) is 55.1 Å². The fourth-order valence-corrected chi connectivity index (χ4v) is 5.07. The van der Waals surface area contributed by atoms with Gasteiger partial charge in [0.1, 0.15) is 6.61 Å². The first-order valence-corrected chi connectivity index (χ1v) is 10.5. The average Bonchev–Trinajstić information content (AvgIpc) is 3.01. The van der Waals surface area contributed by atoms with Crippen LogP contribution in [0.1, 0.15) is 70.4 Å². The Kier molecular flexibility index (Phi) is 4.67. The molecule has 5 nitrogen and oxygen atoms in total. The number of nitrogens with one attached hydrogen (secondary N) is 1. The van der Waals surface area contributed by atoms with Crippen molar-refractivity contribution in [3.8, 4) is 0 Å². The number of ether oxygens (including phenoxy) is 1. The van der Waals surface area contributed by atoms with Crippen LogP contribution in [0.4, 0.5) is 4.79 Å². The molecule has 1 aromatic rings. The van der Waals surface area contributed by atoms with Crippen LogP contribution in [0.15, 0.2) is 24.3 Å². The predicted octanol–water partition coefficient (Wildman–Crippen LogP) is 3.97. The van der Waals surface area contributed by atoms with Gasteiger partial charge in [0.05, 0.1) is 5.54 Å². The first kappa shape index (κ1) is 19.3. The highest BCUT2D eigenvalue weighted by molar-refractivity contribution is 5.82. The van der Waals surface area contributed by atoms with E-state index in [1.54, 1.807) is 0 Å². The van der Waals surface area contributed by atoms with Crippen molar-refractivity contribution in [2.75, 3.05) is 13.2 Å². The molecule has 3 aliphatic rings. The lowest BCUT2D eigenvalue weighted by Crippen LogP contribution is -2.59. The van der Waals surface area contributed by atoms with Crippen molar-refractivity contribution < 1.29 is 14.3 Å². The molecule has 5 heteroatoms. The second-order valence-corrected chi connectivity index (χ2v) is 10.1. The average molecular weight is 385 g/mol. The third-order valence-corrected chi connectivity index (χ3v) is 6.85. The van der Waals surface area contributed by atoms with Gasteiger partial charge < -0.3 is 15.0 Å². The largest absolute Gasteiger partial charge is 0.447 e. The molecule has 28 heavy (non-hydrogen) atoms. The molecule has 2 amide bonds. The summed E-state index contributed by atoms with van der Waals surface area (Å²) in [6, 6.07) is 9.22. The summed E-state index contributed by atoms with van der Waals surface area (Å²) in [6.45, 7) is 10.1. The van der Waals surface area contributed by atoms with Crippen LogP contribution in [0.2, 0.25) is 0 Å². The van der Waals surface area contributed by atoms with E-state index >= 15 is 0 Å². The lowest BCUT2D eigenvalue weighted by molar-refractivity contribution is -0.144. The van der Waals surface area contributed by atoms with Crippen molar-refractivity contribution in [2.45, 2.75) is 76.3 Å². The fraction of sp³-hybridized carbons (Fsp3) is 0.652. The van der Waals surface area contributed by atoms with Crippen molar-refractivity contribution in [1.29, 1.82) is 0 Å². The second kappa shape index (κ2) is 6.78. The first-order valence-electron chi connectivity index (χ1n) is 10.5. The van der Waals surface area contributed by atoms with Crippen molar-refractivity contribution in [1.82, 2.24) is 10.2 Å². The van der Waals surface area contributed by atoms with Gasteiger partial charge in [0, 0.05) is 18.5 Å². The van der Waals surface area contributed by atoms with Gasteiger partial charge in [-0.1, -0.05) is 45.0 Å². The summed E-state index contributed by atoms with van der Waals surface area (Å²) in [4.78, 5) is 26.4. The molecule has 1 saturated carbocycles. The highest BCUT2D eigenvalue weighted by Crippen LogP contribution is 2.43. The number of carbonyl (C=O) groups excluding carboxylic acids is 2. The molecule has 0 radical (unpaired) electrons.